The maximum absolute atomic E-state index is 13.2. The quantitative estimate of drug-likeness (QED) is 0.421. The molecule has 0 bridgehead atoms. The summed E-state index contributed by atoms with van der Waals surface area (Å²) in [6.45, 7) is 5.33. The van der Waals surface area contributed by atoms with Crippen molar-refractivity contribution in [2.24, 2.45) is 0 Å². The van der Waals surface area contributed by atoms with E-state index in [2.05, 4.69) is 0 Å². The normalized spacial score (nSPS) is 19.5. The Morgan fingerprint density at radius 3 is 2.03 bits per heavy atom. The van der Waals surface area contributed by atoms with Gasteiger partial charge in [0.2, 0.25) is 0 Å². The molecule has 2 atom stereocenters. The van der Waals surface area contributed by atoms with Gasteiger partial charge in [-0.05, 0) is 56.5 Å². The van der Waals surface area contributed by atoms with Crippen LogP contribution in [-0.4, -0.2) is 35.8 Å². The number of alkyl halides is 6. The van der Waals surface area contributed by atoms with Gasteiger partial charge in [0.25, 0.3) is 0 Å². The van der Waals surface area contributed by atoms with E-state index in [1.807, 2.05) is 18.2 Å². The van der Waals surface area contributed by atoms with Gasteiger partial charge in [-0.3, -0.25) is 0 Å². The second-order valence-corrected chi connectivity index (χ2v) is 9.50. The summed E-state index contributed by atoms with van der Waals surface area (Å²) >= 11 is 0. The van der Waals surface area contributed by atoms with Gasteiger partial charge in [0.15, 0.2) is 0 Å². The third-order valence-corrected chi connectivity index (χ3v) is 5.54. The predicted molar refractivity (Wildman–Crippen MR) is 117 cm³/mol. The number of amides is 1. The molecule has 2 aromatic carbocycles. The highest BCUT2D eigenvalue weighted by atomic mass is 19.4. The number of hydrogen-bond acceptors (Lipinski definition) is 3. The molecule has 0 radical (unpaired) electrons. The molecule has 4 nitrogen and oxygen atoms in total. The van der Waals surface area contributed by atoms with E-state index in [4.69, 9.17) is 9.47 Å². The summed E-state index contributed by atoms with van der Waals surface area (Å²) in [7, 11) is 0. The molecule has 0 unspecified atom stereocenters. The van der Waals surface area contributed by atoms with Crippen molar-refractivity contribution in [2.45, 2.75) is 63.8 Å². The fraction of sp³-hybridized carbons (Fsp3) is 0.480. The van der Waals surface area contributed by atoms with Crippen LogP contribution >= 0.6 is 0 Å². The summed E-state index contributed by atoms with van der Waals surface area (Å²) in [6.07, 6.45) is -10.5. The second kappa shape index (κ2) is 10.1. The molecule has 1 aliphatic heterocycles. The van der Waals surface area contributed by atoms with Gasteiger partial charge in [-0.1, -0.05) is 30.3 Å². The molecule has 1 amide bonds. The lowest BCUT2D eigenvalue weighted by molar-refractivity contribution is -0.143. The molecular weight excluding hydrogens is 476 g/mol. The first kappa shape index (κ1) is 26.8. The van der Waals surface area contributed by atoms with Gasteiger partial charge in [0.1, 0.15) is 5.60 Å². The minimum Gasteiger partial charge on any atom is -0.444 e. The Balaban J connectivity index is 1.82. The van der Waals surface area contributed by atoms with E-state index in [0.29, 0.717) is 18.6 Å². The Bertz CT molecular complexity index is 982. The zero-order valence-electron chi connectivity index (χ0n) is 19.5. The third kappa shape index (κ3) is 7.37. The van der Waals surface area contributed by atoms with Gasteiger partial charge >= 0.3 is 18.4 Å². The summed E-state index contributed by atoms with van der Waals surface area (Å²) in [5.41, 5.74) is -2.85. The molecule has 1 aliphatic rings. The van der Waals surface area contributed by atoms with Crippen molar-refractivity contribution >= 4 is 6.09 Å². The molecule has 0 saturated carbocycles. The lowest BCUT2D eigenvalue weighted by atomic mass is 9.88. The minimum absolute atomic E-state index is 0.0928. The Hall–Kier alpha value is -2.75. The number of hydrogen-bond donors (Lipinski definition) is 0. The van der Waals surface area contributed by atoms with Crippen LogP contribution in [0.4, 0.5) is 31.1 Å². The van der Waals surface area contributed by atoms with E-state index in [0.717, 1.165) is 5.56 Å². The first-order chi connectivity index (χ1) is 16.1. The van der Waals surface area contributed by atoms with Crippen molar-refractivity contribution in [1.29, 1.82) is 0 Å². The van der Waals surface area contributed by atoms with Crippen LogP contribution in [0.1, 0.15) is 55.4 Å². The summed E-state index contributed by atoms with van der Waals surface area (Å²) in [6, 6.07) is 10.5. The van der Waals surface area contributed by atoms with E-state index in [1.165, 1.54) is 4.90 Å². The molecule has 3 rings (SSSR count). The molecule has 10 heteroatoms. The molecule has 0 spiro atoms. The van der Waals surface area contributed by atoms with Gasteiger partial charge in [0.05, 0.1) is 23.8 Å². The Morgan fingerprint density at radius 1 is 0.943 bits per heavy atom. The molecule has 0 N–H and O–H groups in total. The fourth-order valence-electron chi connectivity index (χ4n) is 3.95. The van der Waals surface area contributed by atoms with Crippen molar-refractivity contribution in [3.8, 4) is 0 Å². The lowest BCUT2D eigenvalue weighted by Gasteiger charge is -2.39. The van der Waals surface area contributed by atoms with Crippen LogP contribution < -0.4 is 0 Å². The molecule has 1 saturated heterocycles. The fourth-order valence-corrected chi connectivity index (χ4v) is 3.95. The highest BCUT2D eigenvalue weighted by Gasteiger charge is 2.38. The topological polar surface area (TPSA) is 38.8 Å². The van der Waals surface area contributed by atoms with Gasteiger partial charge in [-0.2, -0.15) is 26.3 Å². The number of likely N-dealkylation sites (tertiary alicyclic amines) is 1. The van der Waals surface area contributed by atoms with Crippen LogP contribution in [0.15, 0.2) is 48.5 Å². The molecule has 35 heavy (non-hydrogen) atoms. The van der Waals surface area contributed by atoms with Crippen LogP contribution in [0.2, 0.25) is 0 Å². The Morgan fingerprint density at radius 2 is 1.51 bits per heavy atom. The zero-order chi connectivity index (χ0) is 26.0. The largest absolute Gasteiger partial charge is 0.444 e. The van der Waals surface area contributed by atoms with Crippen LogP contribution in [-0.2, 0) is 28.4 Å². The first-order valence-corrected chi connectivity index (χ1v) is 11.1. The number of rotatable bonds is 4. The highest BCUT2D eigenvalue weighted by molar-refractivity contribution is 5.68. The summed E-state index contributed by atoms with van der Waals surface area (Å²) in [5.74, 6) is -0.342. The average Bonchev–Trinajstić information content (AvgIpc) is 2.75. The number of ether oxygens (including phenoxy) is 2. The molecule has 192 valence electrons. The maximum Gasteiger partial charge on any atom is 0.416 e. The number of carbonyl (C=O) groups excluding carboxylic acids is 1. The van der Waals surface area contributed by atoms with Crippen LogP contribution in [0.5, 0.6) is 0 Å². The predicted octanol–water partition coefficient (Wildman–Crippen LogP) is 7.03. The number of halogens is 6. The summed E-state index contributed by atoms with van der Waals surface area (Å²) in [4.78, 5) is 14.1. The molecule has 0 aliphatic carbocycles. The van der Waals surface area contributed by atoms with Gasteiger partial charge in [0, 0.05) is 19.0 Å². The summed E-state index contributed by atoms with van der Waals surface area (Å²) in [5, 5.41) is 0. The Kier molecular flexibility index (Phi) is 7.74. The second-order valence-electron chi connectivity index (χ2n) is 9.50. The van der Waals surface area contributed by atoms with Crippen molar-refractivity contribution in [3.05, 3.63) is 70.8 Å². The van der Waals surface area contributed by atoms with Gasteiger partial charge < -0.3 is 14.4 Å². The van der Waals surface area contributed by atoms with Crippen molar-refractivity contribution in [1.82, 2.24) is 4.90 Å². The number of benzene rings is 2. The SMILES string of the molecule is CC(C)(C)OC(=O)N1CC[C@@H](OCc2cc(C(F)(F)F)cc(C(F)(F)F)c2)[C@@H](c2ccccc2)C1. The highest BCUT2D eigenvalue weighted by Crippen LogP contribution is 2.37. The van der Waals surface area contributed by atoms with E-state index in [9.17, 15) is 31.1 Å². The Labute approximate surface area is 199 Å². The van der Waals surface area contributed by atoms with E-state index >= 15 is 0 Å². The third-order valence-electron chi connectivity index (χ3n) is 5.54. The van der Waals surface area contributed by atoms with E-state index in [1.54, 1.807) is 32.9 Å². The standard InChI is InChI=1S/C25H27F6NO3/c1-23(2,3)35-22(33)32-10-9-21(20(14-32)17-7-5-4-6-8-17)34-15-16-11-18(24(26,27)28)13-19(12-16)25(29,30)31/h4-8,11-13,20-21H,9-10,14-15H2,1-3H3/t20-,21-/m1/s1. The molecule has 0 aromatic heterocycles. The maximum atomic E-state index is 13.2. The van der Waals surface area contributed by atoms with Gasteiger partial charge in [-0.15, -0.1) is 0 Å². The molecule has 2 aromatic rings. The zero-order valence-corrected chi connectivity index (χ0v) is 19.5. The number of nitrogens with zero attached hydrogens (tertiary/aromatic N) is 1. The number of piperidine rings is 1. The van der Waals surface area contributed by atoms with Crippen molar-refractivity contribution in [3.63, 3.8) is 0 Å². The van der Waals surface area contributed by atoms with Crippen molar-refractivity contribution < 1.29 is 40.6 Å². The molecule has 1 fully saturated rings. The summed E-state index contributed by atoms with van der Waals surface area (Å²) < 4.78 is 90.5. The van der Waals surface area contributed by atoms with Gasteiger partial charge in [-0.25, -0.2) is 4.79 Å². The van der Waals surface area contributed by atoms with E-state index in [-0.39, 0.29) is 30.6 Å². The van der Waals surface area contributed by atoms with Crippen LogP contribution in [0, 0.1) is 0 Å². The number of carbonyl (C=O) groups is 1. The minimum atomic E-state index is -4.93. The monoisotopic (exact) mass is 503 g/mol. The lowest BCUT2D eigenvalue weighted by Crippen LogP contribution is -2.47. The molecule has 1 heterocycles. The molecular formula is C25H27F6NO3. The van der Waals surface area contributed by atoms with Crippen molar-refractivity contribution in [2.75, 3.05) is 13.1 Å². The first-order valence-electron chi connectivity index (χ1n) is 11.1. The average molecular weight is 503 g/mol. The van der Waals surface area contributed by atoms with Crippen LogP contribution in [0.25, 0.3) is 0 Å². The van der Waals surface area contributed by atoms with E-state index < -0.39 is 47.9 Å². The smallest absolute Gasteiger partial charge is 0.416 e. The van der Waals surface area contributed by atoms with Crippen LogP contribution in [0.3, 0.4) is 0 Å².